The Morgan fingerprint density at radius 2 is 1.92 bits per heavy atom. The number of aromatic nitrogens is 3. The van der Waals surface area contributed by atoms with Crippen molar-refractivity contribution in [3.8, 4) is 11.1 Å². The van der Waals surface area contributed by atoms with Crippen LogP contribution in [0.5, 0.6) is 0 Å². The minimum absolute atomic E-state index is 0.0845. The van der Waals surface area contributed by atoms with E-state index in [1.165, 1.54) is 35.0 Å². The highest BCUT2D eigenvalue weighted by atomic mass is 19.1. The molecule has 36 heavy (non-hydrogen) atoms. The standard InChI is InChI=1S/C27H20F2N4O3/c1-16-24(15-36-32-16)19-3-4-23-20(10-19)6-7-33(27(23)35)14-18-8-21(11-22(28)9-18)26(34)31-13-17-2-5-25(29)30-12-17/h2-12,15H,13-14H2,1H3,(H,31,34). The van der Waals surface area contributed by atoms with Gasteiger partial charge in [-0.1, -0.05) is 17.3 Å². The Bertz CT molecular complexity index is 1640. The number of benzene rings is 2. The second-order valence-corrected chi connectivity index (χ2v) is 8.38. The predicted octanol–water partition coefficient (Wildman–Crippen LogP) is 4.62. The van der Waals surface area contributed by atoms with Gasteiger partial charge in [-0.25, -0.2) is 9.37 Å². The fourth-order valence-electron chi connectivity index (χ4n) is 4.01. The van der Waals surface area contributed by atoms with E-state index in [4.69, 9.17) is 4.52 Å². The highest BCUT2D eigenvalue weighted by Gasteiger charge is 2.12. The van der Waals surface area contributed by atoms with E-state index in [1.807, 2.05) is 25.1 Å². The summed E-state index contributed by atoms with van der Waals surface area (Å²) in [4.78, 5) is 29.2. The first-order valence-corrected chi connectivity index (χ1v) is 11.1. The average Bonchev–Trinajstić information content (AvgIpc) is 3.30. The number of carbonyl (C=O) groups excluding carboxylic acids is 1. The number of halogens is 2. The van der Waals surface area contributed by atoms with Crippen molar-refractivity contribution in [3.63, 3.8) is 0 Å². The summed E-state index contributed by atoms with van der Waals surface area (Å²) in [7, 11) is 0. The van der Waals surface area contributed by atoms with Crippen molar-refractivity contribution in [1.82, 2.24) is 20.0 Å². The molecule has 3 aromatic heterocycles. The molecule has 180 valence electrons. The normalized spacial score (nSPS) is 11.1. The second kappa shape index (κ2) is 9.53. The molecule has 0 aliphatic rings. The zero-order valence-corrected chi connectivity index (χ0v) is 19.2. The third-order valence-electron chi connectivity index (χ3n) is 5.85. The van der Waals surface area contributed by atoms with Crippen LogP contribution >= 0.6 is 0 Å². The van der Waals surface area contributed by atoms with Gasteiger partial charge in [0.15, 0.2) is 0 Å². The Morgan fingerprint density at radius 1 is 1.06 bits per heavy atom. The van der Waals surface area contributed by atoms with Gasteiger partial charge in [0.1, 0.15) is 12.1 Å². The maximum Gasteiger partial charge on any atom is 0.258 e. The molecule has 7 nitrogen and oxygen atoms in total. The molecule has 2 aromatic carbocycles. The molecule has 1 N–H and O–H groups in total. The van der Waals surface area contributed by atoms with Crippen LogP contribution in [0.3, 0.4) is 0 Å². The number of nitrogens with one attached hydrogen (secondary N) is 1. The van der Waals surface area contributed by atoms with Gasteiger partial charge in [0.25, 0.3) is 11.5 Å². The van der Waals surface area contributed by atoms with Gasteiger partial charge in [-0.3, -0.25) is 9.59 Å². The lowest BCUT2D eigenvalue weighted by atomic mass is 10.0. The number of fused-ring (bicyclic) bond motifs is 1. The van der Waals surface area contributed by atoms with Crippen molar-refractivity contribution in [2.45, 2.75) is 20.0 Å². The molecular weight excluding hydrogens is 466 g/mol. The van der Waals surface area contributed by atoms with Crippen molar-refractivity contribution in [3.05, 3.63) is 118 Å². The van der Waals surface area contributed by atoms with E-state index >= 15 is 0 Å². The summed E-state index contributed by atoms with van der Waals surface area (Å²) < 4.78 is 33.8. The van der Waals surface area contributed by atoms with E-state index < -0.39 is 17.7 Å². The fourth-order valence-corrected chi connectivity index (χ4v) is 4.01. The first-order chi connectivity index (χ1) is 17.4. The SMILES string of the molecule is Cc1nocc1-c1ccc2c(=O)n(Cc3cc(F)cc(C(=O)NCc4ccc(F)nc4)c3)ccc2c1. The van der Waals surface area contributed by atoms with Gasteiger partial charge in [0.05, 0.1) is 12.2 Å². The van der Waals surface area contributed by atoms with Crippen LogP contribution in [0.25, 0.3) is 21.9 Å². The smallest absolute Gasteiger partial charge is 0.258 e. The fraction of sp³-hybridized carbons (Fsp3) is 0.111. The summed E-state index contributed by atoms with van der Waals surface area (Å²) in [6.07, 6.45) is 4.52. The third kappa shape index (κ3) is 4.76. The molecule has 0 fully saturated rings. The number of carbonyl (C=O) groups is 1. The van der Waals surface area contributed by atoms with Crippen LogP contribution in [0.1, 0.15) is 27.2 Å². The molecule has 0 aliphatic heterocycles. The molecule has 5 aromatic rings. The number of nitrogens with zero attached hydrogens (tertiary/aromatic N) is 3. The summed E-state index contributed by atoms with van der Waals surface area (Å²) in [6.45, 7) is 2.04. The van der Waals surface area contributed by atoms with Gasteiger partial charge < -0.3 is 14.4 Å². The summed E-state index contributed by atoms with van der Waals surface area (Å²) in [5, 5.41) is 7.82. The number of amides is 1. The predicted molar refractivity (Wildman–Crippen MR) is 129 cm³/mol. The van der Waals surface area contributed by atoms with E-state index in [2.05, 4.69) is 15.5 Å². The van der Waals surface area contributed by atoms with E-state index in [0.717, 1.165) is 28.3 Å². The maximum atomic E-state index is 14.3. The third-order valence-corrected chi connectivity index (χ3v) is 5.85. The number of rotatable bonds is 6. The molecule has 9 heteroatoms. The van der Waals surface area contributed by atoms with E-state index in [0.29, 0.717) is 16.5 Å². The van der Waals surface area contributed by atoms with Crippen molar-refractivity contribution < 1.29 is 18.1 Å². The quantitative estimate of drug-likeness (QED) is 0.354. The summed E-state index contributed by atoms with van der Waals surface area (Å²) in [5.74, 6) is -1.71. The summed E-state index contributed by atoms with van der Waals surface area (Å²) in [5.41, 5.74) is 3.43. The Morgan fingerprint density at radius 3 is 2.67 bits per heavy atom. The molecule has 0 saturated carbocycles. The van der Waals surface area contributed by atoms with Gasteiger partial charge >= 0.3 is 0 Å². The molecule has 0 bridgehead atoms. The summed E-state index contributed by atoms with van der Waals surface area (Å²) in [6, 6.07) is 13.9. The lowest BCUT2D eigenvalue weighted by Crippen LogP contribution is -2.24. The van der Waals surface area contributed by atoms with Gasteiger partial charge in [-0.2, -0.15) is 4.39 Å². The average molecular weight is 486 g/mol. The first-order valence-electron chi connectivity index (χ1n) is 11.1. The molecule has 0 spiro atoms. The molecule has 1 amide bonds. The van der Waals surface area contributed by atoms with E-state index in [1.54, 1.807) is 18.5 Å². The first kappa shape index (κ1) is 23.1. The molecular formula is C27H20F2N4O3. The highest BCUT2D eigenvalue weighted by Crippen LogP contribution is 2.25. The van der Waals surface area contributed by atoms with Crippen LogP contribution in [0.15, 0.2) is 82.6 Å². The molecule has 0 saturated heterocycles. The minimum Gasteiger partial charge on any atom is -0.364 e. The summed E-state index contributed by atoms with van der Waals surface area (Å²) >= 11 is 0. The Hall–Kier alpha value is -4.66. The number of hydrogen-bond donors (Lipinski definition) is 1. The molecule has 3 heterocycles. The molecule has 0 radical (unpaired) electrons. The topological polar surface area (TPSA) is 90.0 Å². The van der Waals surface area contributed by atoms with Crippen LogP contribution in [0.2, 0.25) is 0 Å². The van der Waals surface area contributed by atoms with Gasteiger partial charge in [0.2, 0.25) is 5.95 Å². The van der Waals surface area contributed by atoms with Crippen LogP contribution in [0.4, 0.5) is 8.78 Å². The second-order valence-electron chi connectivity index (χ2n) is 8.38. The number of aryl methyl sites for hydroxylation is 1. The van der Waals surface area contributed by atoms with Crippen molar-refractivity contribution in [2.75, 3.05) is 0 Å². The largest absolute Gasteiger partial charge is 0.364 e. The molecule has 5 rings (SSSR count). The van der Waals surface area contributed by atoms with Crippen LogP contribution in [-0.2, 0) is 13.1 Å². The lowest BCUT2D eigenvalue weighted by Gasteiger charge is -2.11. The van der Waals surface area contributed by atoms with Gasteiger partial charge in [0, 0.05) is 35.5 Å². The zero-order valence-electron chi connectivity index (χ0n) is 19.2. The van der Waals surface area contributed by atoms with Crippen molar-refractivity contribution in [1.29, 1.82) is 0 Å². The molecule has 0 aliphatic carbocycles. The Balaban J connectivity index is 1.37. The monoisotopic (exact) mass is 486 g/mol. The maximum absolute atomic E-state index is 14.3. The van der Waals surface area contributed by atoms with Gasteiger partial charge in [-0.05, 0) is 71.5 Å². The highest BCUT2D eigenvalue weighted by molar-refractivity contribution is 5.94. The van der Waals surface area contributed by atoms with Crippen LogP contribution in [-0.4, -0.2) is 20.6 Å². The Kier molecular flexibility index (Phi) is 6.12. The molecule has 0 atom stereocenters. The van der Waals surface area contributed by atoms with E-state index in [9.17, 15) is 18.4 Å². The van der Waals surface area contributed by atoms with E-state index in [-0.39, 0.29) is 24.2 Å². The number of pyridine rings is 2. The van der Waals surface area contributed by atoms with Crippen LogP contribution in [0, 0.1) is 18.7 Å². The van der Waals surface area contributed by atoms with Crippen molar-refractivity contribution >= 4 is 16.7 Å². The Labute approximate surface area is 204 Å². The number of hydrogen-bond acceptors (Lipinski definition) is 5. The lowest BCUT2D eigenvalue weighted by molar-refractivity contribution is 0.0950. The van der Waals surface area contributed by atoms with Crippen molar-refractivity contribution in [2.24, 2.45) is 0 Å². The molecule has 0 unspecified atom stereocenters. The minimum atomic E-state index is -0.616. The zero-order chi connectivity index (χ0) is 25.2. The van der Waals surface area contributed by atoms with Gasteiger partial charge in [-0.15, -0.1) is 0 Å². The van der Waals surface area contributed by atoms with Crippen LogP contribution < -0.4 is 10.9 Å².